The van der Waals surface area contributed by atoms with Gasteiger partial charge in [0.15, 0.2) is 0 Å². The Labute approximate surface area is 174 Å². The molecule has 138 valence electrons. The van der Waals surface area contributed by atoms with E-state index < -0.39 is 0 Å². The Morgan fingerprint density at radius 3 is 2.21 bits per heavy atom. The van der Waals surface area contributed by atoms with Gasteiger partial charge in [-0.2, -0.15) is 0 Å². The minimum absolute atomic E-state index is 0.149. The van der Waals surface area contributed by atoms with Crippen molar-refractivity contribution in [2.75, 3.05) is 6.54 Å². The first kappa shape index (κ1) is 17.4. The maximum Gasteiger partial charge on any atom is 0.119 e. The molecule has 0 radical (unpaired) electrons. The summed E-state index contributed by atoms with van der Waals surface area (Å²) in [6.45, 7) is 3.21. The van der Waals surface area contributed by atoms with Crippen molar-refractivity contribution < 1.29 is 0 Å². The lowest BCUT2D eigenvalue weighted by molar-refractivity contribution is 0.167. The number of hydrogen-bond acceptors (Lipinski definition) is 2. The molecule has 0 unspecified atom stereocenters. The van der Waals surface area contributed by atoms with Crippen LogP contribution in [0.3, 0.4) is 0 Å². The van der Waals surface area contributed by atoms with Gasteiger partial charge in [0.1, 0.15) is 5.84 Å². The Hall–Kier alpha value is -2.65. The third-order valence-electron chi connectivity index (χ3n) is 5.93. The Morgan fingerprint density at radius 2 is 1.54 bits per heavy atom. The van der Waals surface area contributed by atoms with Gasteiger partial charge in [0, 0.05) is 11.0 Å². The maximum absolute atomic E-state index is 5.14. The monoisotopic (exact) mass is 428 g/mol. The van der Waals surface area contributed by atoms with Crippen molar-refractivity contribution in [2.45, 2.75) is 18.4 Å². The first-order valence-electron chi connectivity index (χ1n) is 9.60. The number of fused-ring (bicyclic) bond motifs is 1. The average Bonchev–Trinajstić information content (AvgIpc) is 2.76. The van der Waals surface area contributed by atoms with E-state index in [1.165, 1.54) is 16.7 Å². The maximum atomic E-state index is 5.14. The molecule has 0 N–H and O–H groups in total. The fraction of sp³-hybridized carbons (Fsp3) is 0.160. The van der Waals surface area contributed by atoms with E-state index in [0.29, 0.717) is 0 Å². The molecule has 3 aromatic rings. The van der Waals surface area contributed by atoms with Crippen molar-refractivity contribution in [1.82, 2.24) is 4.90 Å². The predicted molar refractivity (Wildman–Crippen MR) is 119 cm³/mol. The number of halogens is 1. The summed E-state index contributed by atoms with van der Waals surface area (Å²) >= 11 is 3.56. The summed E-state index contributed by atoms with van der Waals surface area (Å²) in [7, 11) is 0. The fourth-order valence-corrected chi connectivity index (χ4v) is 4.79. The topological polar surface area (TPSA) is 15.6 Å². The second-order valence-corrected chi connectivity index (χ2v) is 8.48. The number of benzene rings is 3. The van der Waals surface area contributed by atoms with Crippen LogP contribution < -0.4 is 0 Å². The summed E-state index contributed by atoms with van der Waals surface area (Å²) in [5, 5.41) is 0. The van der Waals surface area contributed by atoms with Crippen LogP contribution in [0.25, 0.3) is 5.70 Å². The van der Waals surface area contributed by atoms with E-state index in [9.17, 15) is 0 Å². The van der Waals surface area contributed by atoms with Gasteiger partial charge in [0.05, 0.1) is 17.2 Å². The van der Waals surface area contributed by atoms with Crippen LogP contribution in [-0.2, 0) is 5.41 Å². The van der Waals surface area contributed by atoms with Crippen molar-refractivity contribution >= 4 is 27.5 Å². The molecule has 1 saturated heterocycles. The van der Waals surface area contributed by atoms with Crippen LogP contribution in [0.5, 0.6) is 0 Å². The smallest absolute Gasteiger partial charge is 0.119 e. The summed E-state index contributed by atoms with van der Waals surface area (Å²) < 4.78 is 1.11. The standard InChI is InChI=1S/C25H21BrN2/c1-25(20-10-6-3-7-11-20)23(19-12-14-21(26)15-13-19)28-17-16-22(27-24(25)28)18-8-4-2-5-9-18/h2-16,23H,17H2,1H3/t23-,25-/m0/s1. The Morgan fingerprint density at radius 1 is 0.893 bits per heavy atom. The third-order valence-corrected chi connectivity index (χ3v) is 6.46. The molecular formula is C25H21BrN2. The van der Waals surface area contributed by atoms with Crippen LogP contribution in [-0.4, -0.2) is 17.3 Å². The van der Waals surface area contributed by atoms with Crippen molar-refractivity contribution in [1.29, 1.82) is 0 Å². The van der Waals surface area contributed by atoms with Crippen molar-refractivity contribution in [3.63, 3.8) is 0 Å². The first-order valence-corrected chi connectivity index (χ1v) is 10.4. The van der Waals surface area contributed by atoms with E-state index in [1.54, 1.807) is 0 Å². The number of amidine groups is 1. The average molecular weight is 429 g/mol. The highest BCUT2D eigenvalue weighted by Crippen LogP contribution is 2.53. The predicted octanol–water partition coefficient (Wildman–Crippen LogP) is 6.22. The summed E-state index contributed by atoms with van der Waals surface area (Å²) in [5.74, 6) is 1.16. The first-order chi connectivity index (χ1) is 13.7. The molecule has 3 heteroatoms. The van der Waals surface area contributed by atoms with Gasteiger partial charge in [0.2, 0.25) is 0 Å². The van der Waals surface area contributed by atoms with Crippen LogP contribution in [0.2, 0.25) is 0 Å². The Balaban J connectivity index is 1.61. The normalized spacial score (nSPS) is 23.4. The zero-order valence-corrected chi connectivity index (χ0v) is 17.3. The largest absolute Gasteiger partial charge is 0.347 e. The van der Waals surface area contributed by atoms with Crippen LogP contribution >= 0.6 is 15.9 Å². The van der Waals surface area contributed by atoms with E-state index >= 15 is 0 Å². The van der Waals surface area contributed by atoms with Gasteiger partial charge in [-0.05, 0) is 41.8 Å². The van der Waals surface area contributed by atoms with Gasteiger partial charge in [-0.3, -0.25) is 0 Å². The van der Waals surface area contributed by atoms with E-state index in [0.717, 1.165) is 22.6 Å². The van der Waals surface area contributed by atoms with E-state index in [4.69, 9.17) is 4.99 Å². The molecule has 0 amide bonds. The number of nitrogens with zero attached hydrogens (tertiary/aromatic N) is 2. The molecule has 3 aromatic carbocycles. The van der Waals surface area contributed by atoms with Crippen molar-refractivity contribution in [3.05, 3.63) is 112 Å². The van der Waals surface area contributed by atoms with Crippen molar-refractivity contribution in [3.8, 4) is 0 Å². The molecule has 2 atom stereocenters. The Bertz CT molecular complexity index is 1050. The molecule has 0 spiro atoms. The lowest BCUT2D eigenvalue weighted by Crippen LogP contribution is -2.65. The van der Waals surface area contributed by atoms with Crippen LogP contribution in [0.4, 0.5) is 0 Å². The fourth-order valence-electron chi connectivity index (χ4n) is 4.53. The summed E-state index contributed by atoms with van der Waals surface area (Å²) in [4.78, 5) is 7.57. The van der Waals surface area contributed by atoms with E-state index in [2.05, 4.69) is 113 Å². The van der Waals surface area contributed by atoms with E-state index in [1.807, 2.05) is 6.07 Å². The highest BCUT2D eigenvalue weighted by Gasteiger charge is 2.57. The summed E-state index contributed by atoms with van der Waals surface area (Å²) in [5.41, 5.74) is 4.74. The lowest BCUT2D eigenvalue weighted by atomic mass is 9.64. The van der Waals surface area contributed by atoms with Crippen LogP contribution in [0.1, 0.15) is 29.7 Å². The van der Waals surface area contributed by atoms with Gasteiger partial charge < -0.3 is 4.90 Å². The quantitative estimate of drug-likeness (QED) is 0.483. The van der Waals surface area contributed by atoms with Crippen LogP contribution in [0.15, 0.2) is 100 Å². The lowest BCUT2D eigenvalue weighted by Gasteiger charge is -2.59. The molecule has 2 nitrogen and oxygen atoms in total. The zero-order valence-electron chi connectivity index (χ0n) is 15.7. The highest BCUT2D eigenvalue weighted by atomic mass is 79.9. The Kier molecular flexibility index (Phi) is 4.21. The molecule has 5 rings (SSSR count). The molecule has 2 aliphatic rings. The van der Waals surface area contributed by atoms with Gasteiger partial charge in [-0.1, -0.05) is 88.7 Å². The minimum atomic E-state index is -0.149. The highest BCUT2D eigenvalue weighted by molar-refractivity contribution is 9.10. The summed E-state index contributed by atoms with van der Waals surface area (Å²) in [6.07, 6.45) is 2.25. The number of aliphatic imine (C=N–C) groups is 1. The van der Waals surface area contributed by atoms with Crippen LogP contribution in [0, 0.1) is 0 Å². The molecule has 2 heterocycles. The van der Waals surface area contributed by atoms with Crippen molar-refractivity contribution in [2.24, 2.45) is 4.99 Å². The molecule has 0 aromatic heterocycles. The molecule has 0 saturated carbocycles. The number of hydrogen-bond donors (Lipinski definition) is 0. The van der Waals surface area contributed by atoms with E-state index in [-0.39, 0.29) is 11.5 Å². The minimum Gasteiger partial charge on any atom is -0.347 e. The second kappa shape index (κ2) is 6.75. The molecule has 0 bridgehead atoms. The van der Waals surface area contributed by atoms with Gasteiger partial charge >= 0.3 is 0 Å². The third kappa shape index (κ3) is 2.65. The summed E-state index contributed by atoms with van der Waals surface area (Å²) in [6, 6.07) is 30.2. The van der Waals surface area contributed by atoms with Gasteiger partial charge in [-0.25, -0.2) is 4.99 Å². The number of rotatable bonds is 3. The molecule has 1 fully saturated rings. The van der Waals surface area contributed by atoms with Gasteiger partial charge in [0.25, 0.3) is 0 Å². The zero-order chi connectivity index (χ0) is 19.1. The SMILES string of the molecule is C[C@@]1(c2ccccc2)C2=NC(c3ccccc3)=CCN2[C@H]1c1ccc(Br)cc1. The molecule has 0 aliphatic carbocycles. The molecule has 28 heavy (non-hydrogen) atoms. The van der Waals surface area contributed by atoms with Gasteiger partial charge in [-0.15, -0.1) is 0 Å². The molecular weight excluding hydrogens is 408 g/mol. The second-order valence-electron chi connectivity index (χ2n) is 7.57. The molecule has 2 aliphatic heterocycles.